The van der Waals surface area contributed by atoms with Crippen LogP contribution >= 0.6 is 11.3 Å². The molecule has 0 aliphatic rings. The molecule has 2 heterocycles. The van der Waals surface area contributed by atoms with E-state index in [1.165, 1.54) is 11.3 Å². The second-order valence-electron chi connectivity index (χ2n) is 4.44. The van der Waals surface area contributed by atoms with Crippen LogP contribution in [0.25, 0.3) is 0 Å². The lowest BCUT2D eigenvalue weighted by molar-refractivity contribution is 0.375. The molecule has 2 aromatic heterocycles. The van der Waals surface area contributed by atoms with Gasteiger partial charge >= 0.3 is 0 Å². The average molecular weight is 330 g/mol. The maximum Gasteiger partial charge on any atom is 0.250 e. The Hall–Kier alpha value is -1.29. The maximum atomic E-state index is 12.1. The van der Waals surface area contributed by atoms with E-state index < -0.39 is 10.0 Å². The van der Waals surface area contributed by atoms with Gasteiger partial charge in [-0.05, 0) is 30.5 Å². The third kappa shape index (κ3) is 4.60. The second kappa shape index (κ2) is 7.12. The van der Waals surface area contributed by atoms with Crippen LogP contribution in [0.1, 0.15) is 24.2 Å². The Kier molecular flexibility index (Phi) is 5.45. The van der Waals surface area contributed by atoms with E-state index in [1.54, 1.807) is 13.0 Å². The summed E-state index contributed by atoms with van der Waals surface area (Å²) in [5, 5.41) is 8.66. The number of sulfonamides is 1. The van der Waals surface area contributed by atoms with Crippen LogP contribution in [0.5, 0.6) is 0 Å². The van der Waals surface area contributed by atoms with E-state index in [2.05, 4.69) is 20.2 Å². The minimum Gasteiger partial charge on any atom is -0.339 e. The number of aryl methyl sites for hydroxylation is 1. The van der Waals surface area contributed by atoms with E-state index in [4.69, 9.17) is 4.52 Å². The fourth-order valence-corrected chi connectivity index (χ4v) is 3.95. The zero-order valence-corrected chi connectivity index (χ0v) is 13.6. The number of nitrogens with one attached hydrogen (secondary N) is 2. The molecule has 0 saturated heterocycles. The van der Waals surface area contributed by atoms with Crippen LogP contribution in [0.15, 0.2) is 20.2 Å². The summed E-state index contributed by atoms with van der Waals surface area (Å²) in [6.45, 7) is 5.47. The van der Waals surface area contributed by atoms with Crippen molar-refractivity contribution in [1.82, 2.24) is 20.2 Å². The number of nitrogens with zero attached hydrogens (tertiary/aromatic N) is 2. The van der Waals surface area contributed by atoms with Gasteiger partial charge in [0.25, 0.3) is 0 Å². The van der Waals surface area contributed by atoms with E-state index in [-0.39, 0.29) is 6.54 Å². The molecule has 0 bridgehead atoms. The van der Waals surface area contributed by atoms with Crippen molar-refractivity contribution in [2.24, 2.45) is 0 Å². The lowest BCUT2D eigenvalue weighted by Gasteiger charge is -2.02. The van der Waals surface area contributed by atoms with Gasteiger partial charge in [0.15, 0.2) is 5.82 Å². The first-order chi connectivity index (χ1) is 10.0. The van der Waals surface area contributed by atoms with Gasteiger partial charge in [0.1, 0.15) is 4.21 Å². The van der Waals surface area contributed by atoms with Gasteiger partial charge in [-0.1, -0.05) is 12.1 Å². The van der Waals surface area contributed by atoms with Crippen molar-refractivity contribution in [3.8, 4) is 0 Å². The van der Waals surface area contributed by atoms with Crippen LogP contribution < -0.4 is 10.0 Å². The van der Waals surface area contributed by atoms with E-state index in [0.717, 1.165) is 12.1 Å². The lowest BCUT2D eigenvalue weighted by Crippen LogP contribution is -2.25. The molecule has 2 rings (SSSR count). The minimum atomic E-state index is -3.48. The van der Waals surface area contributed by atoms with Crippen LogP contribution in [-0.2, 0) is 23.0 Å². The summed E-state index contributed by atoms with van der Waals surface area (Å²) in [4.78, 5) is 4.02. The molecule has 0 atom stereocenters. The number of hydrogen-bond donors (Lipinski definition) is 2. The smallest absolute Gasteiger partial charge is 0.250 e. The topological polar surface area (TPSA) is 97.1 Å². The molecule has 0 aliphatic carbocycles. The zero-order valence-electron chi connectivity index (χ0n) is 11.9. The Labute approximate surface area is 127 Å². The van der Waals surface area contributed by atoms with Gasteiger partial charge in [0.05, 0.1) is 0 Å². The van der Waals surface area contributed by atoms with Crippen LogP contribution in [0.3, 0.4) is 0 Å². The summed E-state index contributed by atoms with van der Waals surface area (Å²) < 4.78 is 32.0. The molecule has 7 nitrogen and oxygen atoms in total. The van der Waals surface area contributed by atoms with Gasteiger partial charge in [0, 0.05) is 19.5 Å². The van der Waals surface area contributed by atoms with Crippen molar-refractivity contribution in [2.45, 2.75) is 31.0 Å². The molecule has 0 aromatic carbocycles. The highest BCUT2D eigenvalue weighted by Crippen LogP contribution is 2.19. The van der Waals surface area contributed by atoms with Gasteiger partial charge in [-0.3, -0.25) is 0 Å². The molecule has 116 valence electrons. The van der Waals surface area contributed by atoms with Gasteiger partial charge in [-0.25, -0.2) is 13.1 Å². The average Bonchev–Trinajstić information content (AvgIpc) is 3.06. The second-order valence-corrected chi connectivity index (χ2v) is 7.34. The minimum absolute atomic E-state index is 0.227. The summed E-state index contributed by atoms with van der Waals surface area (Å²) >= 11 is 1.22. The lowest BCUT2D eigenvalue weighted by atomic mass is 10.3. The third-order valence-electron chi connectivity index (χ3n) is 2.67. The summed E-state index contributed by atoms with van der Waals surface area (Å²) in [6, 6.07) is 1.69. The molecule has 0 saturated carbocycles. The van der Waals surface area contributed by atoms with E-state index in [0.29, 0.717) is 28.9 Å². The predicted octanol–water partition coefficient (Wildman–Crippen LogP) is 1.07. The number of thiophene rings is 1. The normalized spacial score (nSPS) is 11.9. The van der Waals surface area contributed by atoms with Gasteiger partial charge in [-0.2, -0.15) is 4.98 Å². The van der Waals surface area contributed by atoms with Crippen LogP contribution in [0.2, 0.25) is 0 Å². The molecule has 9 heteroatoms. The molecule has 0 fully saturated rings. The molecule has 0 radical (unpaired) electrons. The number of hydrogen-bond acceptors (Lipinski definition) is 7. The van der Waals surface area contributed by atoms with Crippen molar-refractivity contribution in [1.29, 1.82) is 0 Å². The van der Waals surface area contributed by atoms with Crippen molar-refractivity contribution in [3.05, 3.63) is 28.7 Å². The summed E-state index contributed by atoms with van der Waals surface area (Å²) in [7, 11) is -3.48. The van der Waals surface area contributed by atoms with E-state index in [1.807, 2.05) is 12.3 Å². The Balaban J connectivity index is 1.90. The first kappa shape index (κ1) is 16.1. The maximum absolute atomic E-state index is 12.1. The quantitative estimate of drug-likeness (QED) is 0.751. The van der Waals surface area contributed by atoms with Crippen molar-refractivity contribution >= 4 is 21.4 Å². The van der Waals surface area contributed by atoms with Crippen molar-refractivity contribution in [3.63, 3.8) is 0 Å². The van der Waals surface area contributed by atoms with E-state index >= 15 is 0 Å². The molecule has 21 heavy (non-hydrogen) atoms. The Morgan fingerprint density at radius 3 is 2.90 bits per heavy atom. The summed E-state index contributed by atoms with van der Waals surface area (Å²) in [5.74, 6) is 0.966. The molecular weight excluding hydrogens is 312 g/mol. The molecule has 2 aromatic rings. The highest BCUT2D eigenvalue weighted by atomic mass is 32.2. The van der Waals surface area contributed by atoms with Crippen LogP contribution in [0.4, 0.5) is 0 Å². The molecule has 0 aliphatic heterocycles. The first-order valence-corrected chi connectivity index (χ1v) is 8.94. The Bertz CT molecular complexity index is 678. The predicted molar refractivity (Wildman–Crippen MR) is 79.6 cm³/mol. The zero-order chi connectivity index (χ0) is 15.3. The highest BCUT2D eigenvalue weighted by Gasteiger charge is 2.16. The SMILES string of the molecule is CCNCc1csc(S(=O)(=O)NCCc2nc(C)no2)c1. The van der Waals surface area contributed by atoms with Gasteiger partial charge < -0.3 is 9.84 Å². The fraction of sp³-hybridized carbons (Fsp3) is 0.500. The van der Waals surface area contributed by atoms with Crippen LogP contribution in [-0.4, -0.2) is 31.6 Å². The largest absolute Gasteiger partial charge is 0.339 e. The standard InChI is InChI=1S/C12H18N4O3S2/c1-3-13-7-10-6-12(20-8-10)21(17,18)14-5-4-11-15-9(2)16-19-11/h6,8,13-14H,3-5,7H2,1-2H3. The van der Waals surface area contributed by atoms with Crippen LogP contribution in [0, 0.1) is 6.92 Å². The molecule has 2 N–H and O–H groups in total. The molecule has 0 amide bonds. The third-order valence-corrected chi connectivity index (χ3v) is 5.62. The van der Waals surface area contributed by atoms with Gasteiger partial charge in [0.2, 0.25) is 15.9 Å². The van der Waals surface area contributed by atoms with Crippen molar-refractivity contribution < 1.29 is 12.9 Å². The molecule has 0 spiro atoms. The number of rotatable bonds is 8. The monoisotopic (exact) mass is 330 g/mol. The molecule has 0 unspecified atom stereocenters. The number of aromatic nitrogens is 2. The summed E-state index contributed by atoms with van der Waals surface area (Å²) in [6.07, 6.45) is 0.371. The first-order valence-electron chi connectivity index (χ1n) is 6.58. The molecular formula is C12H18N4O3S2. The van der Waals surface area contributed by atoms with E-state index in [9.17, 15) is 8.42 Å². The summed E-state index contributed by atoms with van der Waals surface area (Å²) in [5.41, 5.74) is 0.967. The van der Waals surface area contributed by atoms with Gasteiger partial charge in [-0.15, -0.1) is 11.3 Å². The highest BCUT2D eigenvalue weighted by molar-refractivity contribution is 7.91. The Morgan fingerprint density at radius 1 is 1.43 bits per heavy atom. The Morgan fingerprint density at radius 2 is 2.24 bits per heavy atom. The van der Waals surface area contributed by atoms with Crippen molar-refractivity contribution in [2.75, 3.05) is 13.1 Å². The fourth-order valence-electron chi connectivity index (χ4n) is 1.66.